The maximum absolute atomic E-state index is 13.8. The van der Waals surface area contributed by atoms with Crippen LogP contribution in [-0.4, -0.2) is 16.1 Å². The van der Waals surface area contributed by atoms with E-state index in [1.165, 1.54) is 6.07 Å². The highest BCUT2D eigenvalue weighted by molar-refractivity contribution is 6.30. The number of hydrogen-bond acceptors (Lipinski definition) is 2. The van der Waals surface area contributed by atoms with Gasteiger partial charge in [0.1, 0.15) is 11.6 Å². The lowest BCUT2D eigenvalue weighted by atomic mass is 10.1. The molecular formula is C12H11ClFN3. The third-order valence-corrected chi connectivity index (χ3v) is 3.18. The van der Waals surface area contributed by atoms with Gasteiger partial charge in [0, 0.05) is 23.7 Å². The normalized spacial score (nSPS) is 14.7. The summed E-state index contributed by atoms with van der Waals surface area (Å²) in [6.07, 6.45) is 1.72. The molecule has 0 radical (unpaired) electrons. The maximum Gasteiger partial charge on any atom is 0.134 e. The van der Waals surface area contributed by atoms with Crippen LogP contribution in [0.15, 0.2) is 24.4 Å². The van der Waals surface area contributed by atoms with Crippen molar-refractivity contribution >= 4 is 11.6 Å². The van der Waals surface area contributed by atoms with E-state index in [9.17, 15) is 4.39 Å². The van der Waals surface area contributed by atoms with Crippen molar-refractivity contribution in [2.24, 2.45) is 0 Å². The minimum Gasteiger partial charge on any atom is -0.326 e. The fourth-order valence-electron chi connectivity index (χ4n) is 2.11. The van der Waals surface area contributed by atoms with Gasteiger partial charge in [-0.2, -0.15) is 0 Å². The Kier molecular flexibility index (Phi) is 2.61. The van der Waals surface area contributed by atoms with Gasteiger partial charge in [0.05, 0.1) is 18.4 Å². The number of benzene rings is 1. The highest BCUT2D eigenvalue weighted by Crippen LogP contribution is 2.26. The molecule has 1 N–H and O–H groups in total. The van der Waals surface area contributed by atoms with Gasteiger partial charge < -0.3 is 9.88 Å². The second-order valence-corrected chi connectivity index (χ2v) is 4.45. The van der Waals surface area contributed by atoms with Crippen LogP contribution in [0.3, 0.4) is 0 Å². The molecule has 0 atom stereocenters. The van der Waals surface area contributed by atoms with Gasteiger partial charge in [-0.15, -0.1) is 0 Å². The molecule has 0 saturated carbocycles. The zero-order valence-corrected chi connectivity index (χ0v) is 9.84. The Bertz CT molecular complexity index is 565. The smallest absolute Gasteiger partial charge is 0.134 e. The summed E-state index contributed by atoms with van der Waals surface area (Å²) in [5, 5.41) is 3.64. The van der Waals surface area contributed by atoms with E-state index in [1.807, 2.05) is 4.57 Å². The topological polar surface area (TPSA) is 29.9 Å². The number of nitrogens with one attached hydrogen (secondary N) is 1. The van der Waals surface area contributed by atoms with E-state index in [-0.39, 0.29) is 5.82 Å². The fraction of sp³-hybridized carbons (Fsp3) is 0.250. The Labute approximate surface area is 103 Å². The molecule has 0 fully saturated rings. The standard InChI is InChI=1S/C12H11ClFN3/c13-8-1-2-9(10(14)5-8)11-6-16-12-7-15-3-4-17(11)12/h1-2,5-6,15H,3-4,7H2. The molecule has 3 rings (SSSR count). The molecule has 2 aromatic rings. The molecule has 0 unspecified atom stereocenters. The van der Waals surface area contributed by atoms with E-state index in [0.29, 0.717) is 10.6 Å². The van der Waals surface area contributed by atoms with Gasteiger partial charge in [0.25, 0.3) is 0 Å². The summed E-state index contributed by atoms with van der Waals surface area (Å²) in [6, 6.07) is 4.73. The van der Waals surface area contributed by atoms with Crippen LogP contribution in [0.5, 0.6) is 0 Å². The van der Waals surface area contributed by atoms with Gasteiger partial charge in [-0.25, -0.2) is 9.37 Å². The highest BCUT2D eigenvalue weighted by Gasteiger charge is 2.17. The van der Waals surface area contributed by atoms with Crippen molar-refractivity contribution in [1.82, 2.24) is 14.9 Å². The zero-order chi connectivity index (χ0) is 11.8. The van der Waals surface area contributed by atoms with Gasteiger partial charge >= 0.3 is 0 Å². The van der Waals surface area contributed by atoms with E-state index in [2.05, 4.69) is 10.3 Å². The minimum absolute atomic E-state index is 0.307. The molecule has 1 aromatic carbocycles. The van der Waals surface area contributed by atoms with Crippen molar-refractivity contribution in [2.45, 2.75) is 13.1 Å². The highest BCUT2D eigenvalue weighted by atomic mass is 35.5. The van der Waals surface area contributed by atoms with E-state index in [4.69, 9.17) is 11.6 Å². The summed E-state index contributed by atoms with van der Waals surface area (Å²) in [6.45, 7) is 2.42. The predicted octanol–water partition coefficient (Wildman–Crippen LogP) is 2.45. The summed E-state index contributed by atoms with van der Waals surface area (Å²) in [5.74, 6) is 0.638. The van der Waals surface area contributed by atoms with Crippen molar-refractivity contribution in [3.8, 4) is 11.3 Å². The van der Waals surface area contributed by atoms with E-state index in [0.717, 1.165) is 31.2 Å². The SMILES string of the molecule is Fc1cc(Cl)ccc1-c1cnc2n1CCNC2. The van der Waals surface area contributed by atoms with Crippen LogP contribution >= 0.6 is 11.6 Å². The van der Waals surface area contributed by atoms with Crippen molar-refractivity contribution in [3.63, 3.8) is 0 Å². The molecule has 1 aliphatic rings. The third kappa shape index (κ3) is 1.83. The molecule has 1 aromatic heterocycles. The second-order valence-electron chi connectivity index (χ2n) is 4.01. The van der Waals surface area contributed by atoms with Crippen molar-refractivity contribution in [2.75, 3.05) is 6.54 Å². The molecule has 88 valence electrons. The summed E-state index contributed by atoms with van der Waals surface area (Å²) in [5.41, 5.74) is 1.37. The van der Waals surface area contributed by atoms with Crippen LogP contribution in [0.25, 0.3) is 11.3 Å². The third-order valence-electron chi connectivity index (χ3n) is 2.94. The maximum atomic E-state index is 13.8. The number of fused-ring (bicyclic) bond motifs is 1. The number of rotatable bonds is 1. The molecule has 0 amide bonds. The molecule has 5 heteroatoms. The van der Waals surface area contributed by atoms with Crippen LogP contribution in [0.4, 0.5) is 4.39 Å². The molecule has 17 heavy (non-hydrogen) atoms. The number of halogens is 2. The molecule has 0 bridgehead atoms. The Morgan fingerprint density at radius 3 is 3.12 bits per heavy atom. The first-order chi connectivity index (χ1) is 8.25. The fourth-order valence-corrected chi connectivity index (χ4v) is 2.27. The van der Waals surface area contributed by atoms with Gasteiger partial charge in [-0.1, -0.05) is 11.6 Å². The number of imidazole rings is 1. The first kappa shape index (κ1) is 10.7. The Balaban J connectivity index is 2.12. The number of aromatic nitrogens is 2. The lowest BCUT2D eigenvalue weighted by Gasteiger charge is -2.17. The van der Waals surface area contributed by atoms with Gasteiger partial charge in [-0.3, -0.25) is 0 Å². The second kappa shape index (κ2) is 4.13. The average molecular weight is 252 g/mol. The molecule has 0 aliphatic carbocycles. The summed E-state index contributed by atoms with van der Waals surface area (Å²) in [4.78, 5) is 4.30. The molecule has 3 nitrogen and oxygen atoms in total. The van der Waals surface area contributed by atoms with Crippen LogP contribution < -0.4 is 5.32 Å². The van der Waals surface area contributed by atoms with Crippen molar-refractivity contribution in [1.29, 1.82) is 0 Å². The lowest BCUT2D eigenvalue weighted by Crippen LogP contribution is -2.28. The van der Waals surface area contributed by atoms with Crippen molar-refractivity contribution in [3.05, 3.63) is 41.1 Å². The Morgan fingerprint density at radius 2 is 2.29 bits per heavy atom. The van der Waals surface area contributed by atoms with E-state index >= 15 is 0 Å². The van der Waals surface area contributed by atoms with Crippen molar-refractivity contribution < 1.29 is 4.39 Å². The lowest BCUT2D eigenvalue weighted by molar-refractivity contribution is 0.507. The summed E-state index contributed by atoms with van der Waals surface area (Å²) >= 11 is 5.75. The largest absolute Gasteiger partial charge is 0.326 e. The molecule has 1 aliphatic heterocycles. The van der Waals surface area contributed by atoms with Crippen LogP contribution in [-0.2, 0) is 13.1 Å². The van der Waals surface area contributed by atoms with Crippen LogP contribution in [0.2, 0.25) is 5.02 Å². The quantitative estimate of drug-likeness (QED) is 0.844. The first-order valence-electron chi connectivity index (χ1n) is 5.46. The molecule has 0 spiro atoms. The monoisotopic (exact) mass is 251 g/mol. The zero-order valence-electron chi connectivity index (χ0n) is 9.08. The van der Waals surface area contributed by atoms with Gasteiger partial charge in [-0.05, 0) is 18.2 Å². The summed E-state index contributed by atoms with van der Waals surface area (Å²) < 4.78 is 15.9. The Morgan fingerprint density at radius 1 is 1.41 bits per heavy atom. The van der Waals surface area contributed by atoms with E-state index < -0.39 is 0 Å². The van der Waals surface area contributed by atoms with E-state index in [1.54, 1.807) is 18.3 Å². The average Bonchev–Trinajstić information content (AvgIpc) is 2.73. The Hall–Kier alpha value is -1.39. The minimum atomic E-state index is -0.307. The molecule has 0 saturated heterocycles. The van der Waals surface area contributed by atoms with Crippen LogP contribution in [0, 0.1) is 5.82 Å². The van der Waals surface area contributed by atoms with Gasteiger partial charge in [0.2, 0.25) is 0 Å². The molecule has 2 heterocycles. The predicted molar refractivity (Wildman–Crippen MR) is 64.3 cm³/mol. The first-order valence-corrected chi connectivity index (χ1v) is 5.84. The number of hydrogen-bond donors (Lipinski definition) is 1. The van der Waals surface area contributed by atoms with Gasteiger partial charge in [0.15, 0.2) is 0 Å². The molecular weight excluding hydrogens is 241 g/mol. The number of nitrogens with zero attached hydrogens (tertiary/aromatic N) is 2. The van der Waals surface area contributed by atoms with Crippen LogP contribution in [0.1, 0.15) is 5.82 Å². The summed E-state index contributed by atoms with van der Waals surface area (Å²) in [7, 11) is 0.